The van der Waals surface area contributed by atoms with Crippen molar-refractivity contribution in [3.05, 3.63) is 71.1 Å². The fourth-order valence-electron chi connectivity index (χ4n) is 3.88. The first-order valence-electron chi connectivity index (χ1n) is 11.4. The second-order valence-corrected chi connectivity index (χ2v) is 9.01. The number of aromatic amines is 1. The van der Waals surface area contributed by atoms with Gasteiger partial charge in [0.1, 0.15) is 16.5 Å². The lowest BCUT2D eigenvalue weighted by molar-refractivity contribution is -0.118. The molecular weight excluding hydrogens is 432 g/mol. The molecular formula is C26H28N4O2S. The van der Waals surface area contributed by atoms with Gasteiger partial charge in [0.15, 0.2) is 0 Å². The Kier molecular flexibility index (Phi) is 7.62. The van der Waals surface area contributed by atoms with Crippen molar-refractivity contribution in [2.45, 2.75) is 51.5 Å². The lowest BCUT2D eigenvalue weighted by atomic mass is 10.0. The Bertz CT molecular complexity index is 1220. The Labute approximate surface area is 197 Å². The highest BCUT2D eigenvalue weighted by molar-refractivity contribution is 7.11. The van der Waals surface area contributed by atoms with Crippen LogP contribution < -0.4 is 5.32 Å². The maximum Gasteiger partial charge on any atom is 0.263 e. The van der Waals surface area contributed by atoms with E-state index in [1.165, 1.54) is 22.1 Å². The van der Waals surface area contributed by atoms with E-state index in [4.69, 9.17) is 0 Å². The number of fused-ring (bicyclic) bond motifs is 1. The molecule has 2 heterocycles. The molecule has 33 heavy (non-hydrogen) atoms. The molecule has 6 nitrogen and oxygen atoms in total. The number of unbranched alkanes of at least 4 members (excludes halogenated alkanes) is 2. The topological polar surface area (TPSA) is 87.7 Å². The van der Waals surface area contributed by atoms with Gasteiger partial charge in [0, 0.05) is 18.4 Å². The van der Waals surface area contributed by atoms with Crippen molar-refractivity contribution in [1.29, 1.82) is 0 Å². The third-order valence-corrected chi connectivity index (χ3v) is 6.56. The van der Waals surface area contributed by atoms with E-state index in [1.54, 1.807) is 11.7 Å². The molecule has 2 N–H and O–H groups in total. The molecule has 1 amide bonds. The Morgan fingerprint density at radius 2 is 1.91 bits per heavy atom. The predicted octanol–water partition coefficient (Wildman–Crippen LogP) is 6.09. The quantitative estimate of drug-likeness (QED) is 0.265. The lowest BCUT2D eigenvalue weighted by Gasteiger charge is -2.16. The number of ketones is 1. The van der Waals surface area contributed by atoms with Gasteiger partial charge in [0.05, 0.1) is 29.6 Å². The van der Waals surface area contributed by atoms with E-state index in [0.29, 0.717) is 23.5 Å². The molecule has 0 fully saturated rings. The standard InChI is InChI=1S/C26H28N4O2S/c1-2-21(31)10-4-3-5-11-22(30-26(32)24-16-27-17-33-24)25-28-15-23(29-25)20-13-12-18-8-6-7-9-19(18)14-20/h6-9,12-17,22H,2-5,10-11H2,1H3,(H,28,29)(H,30,32)/t22-/m0/s1. The highest BCUT2D eigenvalue weighted by Crippen LogP contribution is 2.26. The summed E-state index contributed by atoms with van der Waals surface area (Å²) in [5, 5.41) is 5.47. The molecule has 0 aliphatic rings. The van der Waals surface area contributed by atoms with Crippen LogP contribution in [0, 0.1) is 0 Å². The summed E-state index contributed by atoms with van der Waals surface area (Å²) in [5.74, 6) is 0.893. The van der Waals surface area contributed by atoms with Crippen molar-refractivity contribution in [2.24, 2.45) is 0 Å². The van der Waals surface area contributed by atoms with Crippen LogP contribution in [0.1, 0.15) is 67.0 Å². The Morgan fingerprint density at radius 3 is 2.70 bits per heavy atom. The van der Waals surface area contributed by atoms with Gasteiger partial charge in [-0.2, -0.15) is 0 Å². The van der Waals surface area contributed by atoms with Gasteiger partial charge in [-0.3, -0.25) is 14.6 Å². The van der Waals surface area contributed by atoms with Crippen molar-refractivity contribution in [3.8, 4) is 11.3 Å². The minimum Gasteiger partial charge on any atom is -0.341 e. The van der Waals surface area contributed by atoms with Gasteiger partial charge in [-0.1, -0.05) is 56.2 Å². The van der Waals surface area contributed by atoms with E-state index in [-0.39, 0.29) is 11.9 Å². The largest absolute Gasteiger partial charge is 0.341 e. The number of Topliss-reactive ketones (excluding diaryl/α,β-unsaturated/α-hetero) is 1. The van der Waals surface area contributed by atoms with Crippen molar-refractivity contribution in [2.75, 3.05) is 0 Å². The van der Waals surface area contributed by atoms with Crippen LogP contribution in [0.4, 0.5) is 0 Å². The molecule has 2 aromatic heterocycles. The van der Waals surface area contributed by atoms with Gasteiger partial charge in [0.25, 0.3) is 5.91 Å². The Balaban J connectivity index is 1.48. The summed E-state index contributed by atoms with van der Waals surface area (Å²) in [4.78, 5) is 36.9. The van der Waals surface area contributed by atoms with Crippen LogP contribution in [0.25, 0.3) is 22.0 Å². The molecule has 170 valence electrons. The number of thiazole rings is 1. The first-order valence-corrected chi connectivity index (χ1v) is 12.3. The molecule has 4 rings (SSSR count). The summed E-state index contributed by atoms with van der Waals surface area (Å²) in [7, 11) is 0. The summed E-state index contributed by atoms with van der Waals surface area (Å²) < 4.78 is 0. The van der Waals surface area contributed by atoms with E-state index in [0.717, 1.165) is 42.8 Å². The van der Waals surface area contributed by atoms with Gasteiger partial charge >= 0.3 is 0 Å². The number of hydrogen-bond donors (Lipinski definition) is 2. The van der Waals surface area contributed by atoms with Gasteiger partial charge in [-0.25, -0.2) is 4.98 Å². The van der Waals surface area contributed by atoms with E-state index < -0.39 is 0 Å². The number of aromatic nitrogens is 3. The highest BCUT2D eigenvalue weighted by Gasteiger charge is 2.20. The summed E-state index contributed by atoms with van der Waals surface area (Å²) in [5.41, 5.74) is 3.62. The molecule has 0 saturated heterocycles. The number of amides is 1. The number of nitrogens with zero attached hydrogens (tertiary/aromatic N) is 2. The lowest BCUT2D eigenvalue weighted by Crippen LogP contribution is -2.28. The third kappa shape index (κ3) is 5.93. The number of carbonyl (C=O) groups excluding carboxylic acids is 2. The van der Waals surface area contributed by atoms with Crippen LogP contribution in [-0.2, 0) is 4.79 Å². The van der Waals surface area contributed by atoms with Gasteiger partial charge in [-0.05, 0) is 29.7 Å². The Hall–Kier alpha value is -3.32. The average Bonchev–Trinajstić information content (AvgIpc) is 3.55. The van der Waals surface area contributed by atoms with Crippen LogP contribution in [-0.4, -0.2) is 26.6 Å². The number of hydrogen-bond acceptors (Lipinski definition) is 5. The van der Waals surface area contributed by atoms with Crippen LogP contribution in [0.5, 0.6) is 0 Å². The summed E-state index contributed by atoms with van der Waals surface area (Å²) in [6.07, 6.45) is 8.09. The second kappa shape index (κ2) is 11.0. The third-order valence-electron chi connectivity index (χ3n) is 5.79. The molecule has 1 atom stereocenters. The van der Waals surface area contributed by atoms with Crippen LogP contribution >= 0.6 is 11.3 Å². The molecule has 4 aromatic rings. The second-order valence-electron chi connectivity index (χ2n) is 8.13. The van der Waals surface area contributed by atoms with Crippen molar-refractivity contribution >= 4 is 33.8 Å². The molecule has 7 heteroatoms. The van der Waals surface area contributed by atoms with Crippen molar-refractivity contribution < 1.29 is 9.59 Å². The van der Waals surface area contributed by atoms with Gasteiger partial charge in [-0.15, -0.1) is 11.3 Å². The molecule has 2 aromatic carbocycles. The predicted molar refractivity (Wildman–Crippen MR) is 132 cm³/mol. The number of carbonyl (C=O) groups is 2. The van der Waals surface area contributed by atoms with Gasteiger partial charge in [0.2, 0.25) is 0 Å². The minimum atomic E-state index is -0.240. The van der Waals surface area contributed by atoms with Crippen molar-refractivity contribution in [3.63, 3.8) is 0 Å². The number of imidazole rings is 1. The fourth-order valence-corrected chi connectivity index (χ4v) is 4.40. The van der Waals surface area contributed by atoms with Crippen LogP contribution in [0.15, 0.2) is 60.4 Å². The molecule has 0 radical (unpaired) electrons. The minimum absolute atomic E-state index is 0.146. The first kappa shape index (κ1) is 22.9. The monoisotopic (exact) mass is 460 g/mol. The molecule has 0 spiro atoms. The van der Waals surface area contributed by atoms with Gasteiger partial charge < -0.3 is 10.3 Å². The zero-order chi connectivity index (χ0) is 23.0. The average molecular weight is 461 g/mol. The first-order chi connectivity index (χ1) is 16.1. The van der Waals surface area contributed by atoms with E-state index >= 15 is 0 Å². The number of nitrogens with one attached hydrogen (secondary N) is 2. The van der Waals surface area contributed by atoms with E-state index in [1.807, 2.05) is 25.3 Å². The normalized spacial score (nSPS) is 12.0. The van der Waals surface area contributed by atoms with Crippen LogP contribution in [0.2, 0.25) is 0 Å². The maximum absolute atomic E-state index is 12.7. The highest BCUT2D eigenvalue weighted by atomic mass is 32.1. The summed E-state index contributed by atoms with van der Waals surface area (Å²) in [6, 6.07) is 14.3. The maximum atomic E-state index is 12.7. The molecule has 0 aliphatic heterocycles. The summed E-state index contributed by atoms with van der Waals surface area (Å²) in [6.45, 7) is 1.90. The molecule has 0 aliphatic carbocycles. The smallest absolute Gasteiger partial charge is 0.263 e. The number of H-pyrrole nitrogens is 1. The molecule has 0 unspecified atom stereocenters. The SMILES string of the molecule is CCC(=O)CCCCC[C@H](NC(=O)c1cncs1)c1ncc(-c2ccc3ccccc3c2)[nH]1. The Morgan fingerprint density at radius 1 is 1.06 bits per heavy atom. The van der Waals surface area contributed by atoms with Crippen molar-refractivity contribution in [1.82, 2.24) is 20.3 Å². The van der Waals surface area contributed by atoms with E-state index in [9.17, 15) is 9.59 Å². The van der Waals surface area contributed by atoms with E-state index in [2.05, 4.69) is 50.6 Å². The van der Waals surface area contributed by atoms with Crippen LogP contribution in [0.3, 0.4) is 0 Å². The molecule has 0 bridgehead atoms. The summed E-state index contributed by atoms with van der Waals surface area (Å²) >= 11 is 1.32. The zero-order valence-electron chi connectivity index (χ0n) is 18.7. The molecule has 0 saturated carbocycles. The zero-order valence-corrected chi connectivity index (χ0v) is 19.5. The fraction of sp³-hybridized carbons (Fsp3) is 0.308. The number of benzene rings is 2. The number of rotatable bonds is 11.